The van der Waals surface area contributed by atoms with E-state index in [-0.39, 0.29) is 17.8 Å². The second-order valence-electron chi connectivity index (χ2n) is 9.73. The maximum absolute atomic E-state index is 12.7. The fourth-order valence-corrected chi connectivity index (χ4v) is 5.78. The summed E-state index contributed by atoms with van der Waals surface area (Å²) >= 11 is 0. The number of nitrogens with zero attached hydrogens (tertiary/aromatic N) is 6. The molecule has 1 saturated carbocycles. The molecule has 180 valence electrons. The summed E-state index contributed by atoms with van der Waals surface area (Å²) in [6, 6.07) is 4.66. The molecule has 10 nitrogen and oxygen atoms in total. The van der Waals surface area contributed by atoms with Crippen LogP contribution in [0.5, 0.6) is 0 Å². The minimum atomic E-state index is -0.350. The van der Waals surface area contributed by atoms with Crippen molar-refractivity contribution in [1.82, 2.24) is 34.4 Å². The van der Waals surface area contributed by atoms with E-state index < -0.39 is 0 Å². The molecule has 2 aliphatic heterocycles. The van der Waals surface area contributed by atoms with Gasteiger partial charge in [-0.25, -0.2) is 9.97 Å². The van der Waals surface area contributed by atoms with Crippen LogP contribution in [0.25, 0.3) is 28.3 Å². The Balaban J connectivity index is 1.39. The van der Waals surface area contributed by atoms with Crippen LogP contribution in [-0.2, 0) is 0 Å². The van der Waals surface area contributed by atoms with E-state index in [0.717, 1.165) is 41.8 Å². The zero-order valence-corrected chi connectivity index (χ0v) is 19.7. The maximum atomic E-state index is 12.7. The SMILES string of the molecule is CC(=O)c1c(C2CC3CC(C2)N3CC(C)O)nc2c(-c3ccc(-c4ncc[nH]4)nc3)cnn2c1N. The molecule has 10 heteroatoms. The molecule has 2 saturated heterocycles. The number of hydrogen-bond acceptors (Lipinski definition) is 8. The summed E-state index contributed by atoms with van der Waals surface area (Å²) in [5.74, 6) is 1.06. The van der Waals surface area contributed by atoms with Gasteiger partial charge in [-0.2, -0.15) is 9.61 Å². The van der Waals surface area contributed by atoms with E-state index in [1.807, 2.05) is 19.1 Å². The Kier molecular flexibility index (Phi) is 5.15. The molecule has 3 atom stereocenters. The van der Waals surface area contributed by atoms with Crippen LogP contribution in [0.3, 0.4) is 0 Å². The number of carbonyl (C=O) groups excluding carboxylic acids is 1. The van der Waals surface area contributed by atoms with Gasteiger partial charge in [0.15, 0.2) is 17.3 Å². The molecule has 3 fully saturated rings. The van der Waals surface area contributed by atoms with E-state index in [1.165, 1.54) is 6.92 Å². The molecule has 2 bridgehead atoms. The molecule has 1 aliphatic carbocycles. The number of aromatic nitrogens is 6. The number of imidazole rings is 1. The van der Waals surface area contributed by atoms with Crippen LogP contribution in [0, 0.1) is 0 Å². The molecule has 7 rings (SSSR count). The van der Waals surface area contributed by atoms with E-state index in [2.05, 4.69) is 25.0 Å². The zero-order valence-electron chi connectivity index (χ0n) is 19.7. The average Bonchev–Trinajstić information content (AvgIpc) is 3.53. The lowest BCUT2D eigenvalue weighted by Crippen LogP contribution is -2.61. The van der Waals surface area contributed by atoms with Crippen LogP contribution >= 0.6 is 0 Å². The lowest BCUT2D eigenvalue weighted by molar-refractivity contribution is -0.0591. The second kappa shape index (κ2) is 8.24. The summed E-state index contributed by atoms with van der Waals surface area (Å²) in [7, 11) is 0. The number of aromatic amines is 1. The van der Waals surface area contributed by atoms with E-state index >= 15 is 0 Å². The van der Waals surface area contributed by atoms with Gasteiger partial charge < -0.3 is 15.8 Å². The van der Waals surface area contributed by atoms with Gasteiger partial charge in [-0.3, -0.25) is 14.7 Å². The number of nitrogen functional groups attached to an aromatic ring is 1. The fourth-order valence-electron chi connectivity index (χ4n) is 5.78. The number of nitrogens with two attached hydrogens (primary N) is 1. The summed E-state index contributed by atoms with van der Waals surface area (Å²) in [6.07, 6.45) is 9.52. The topological polar surface area (TPSA) is 138 Å². The van der Waals surface area contributed by atoms with Gasteiger partial charge in [-0.05, 0) is 39.2 Å². The number of carbonyl (C=O) groups is 1. The Morgan fingerprint density at radius 3 is 2.66 bits per heavy atom. The Morgan fingerprint density at radius 1 is 1.23 bits per heavy atom. The van der Waals surface area contributed by atoms with E-state index in [4.69, 9.17) is 10.7 Å². The minimum Gasteiger partial charge on any atom is -0.392 e. The zero-order chi connectivity index (χ0) is 24.3. The van der Waals surface area contributed by atoms with Crippen molar-refractivity contribution in [2.75, 3.05) is 12.3 Å². The first-order valence-electron chi connectivity index (χ1n) is 12.0. The first-order valence-corrected chi connectivity index (χ1v) is 12.0. The summed E-state index contributed by atoms with van der Waals surface area (Å²) in [5.41, 5.74) is 10.8. The van der Waals surface area contributed by atoms with Gasteiger partial charge >= 0.3 is 0 Å². The van der Waals surface area contributed by atoms with Gasteiger partial charge in [0.05, 0.1) is 23.6 Å². The molecular weight excluding hydrogens is 444 g/mol. The number of aliphatic hydroxyl groups is 1. The highest BCUT2D eigenvalue weighted by Gasteiger charge is 2.46. The number of pyridine rings is 1. The van der Waals surface area contributed by atoms with Gasteiger partial charge in [-0.1, -0.05) is 6.07 Å². The normalized spacial score (nSPS) is 22.8. The lowest BCUT2D eigenvalue weighted by Gasteiger charge is -2.56. The molecule has 0 amide bonds. The largest absolute Gasteiger partial charge is 0.392 e. The van der Waals surface area contributed by atoms with Crippen LogP contribution < -0.4 is 5.73 Å². The number of rotatable bonds is 6. The molecule has 4 aromatic rings. The van der Waals surface area contributed by atoms with Crippen molar-refractivity contribution in [3.8, 4) is 22.6 Å². The van der Waals surface area contributed by atoms with Gasteiger partial charge in [-0.15, -0.1) is 0 Å². The number of H-pyrrole nitrogens is 1. The van der Waals surface area contributed by atoms with Crippen LogP contribution in [0.2, 0.25) is 0 Å². The molecule has 0 spiro atoms. The van der Waals surface area contributed by atoms with Gasteiger partial charge in [0, 0.05) is 54.3 Å². The summed E-state index contributed by atoms with van der Waals surface area (Å²) in [6.45, 7) is 4.05. The Hall–Kier alpha value is -3.63. The number of fused-ring (bicyclic) bond motifs is 3. The molecule has 4 N–H and O–H groups in total. The number of anilines is 1. The Bertz CT molecular complexity index is 1380. The number of aliphatic hydroxyl groups excluding tert-OH is 1. The average molecular weight is 473 g/mol. The predicted molar refractivity (Wildman–Crippen MR) is 131 cm³/mol. The highest BCUT2D eigenvalue weighted by molar-refractivity contribution is 6.00. The first-order chi connectivity index (χ1) is 16.9. The van der Waals surface area contributed by atoms with Crippen LogP contribution in [0.15, 0.2) is 36.9 Å². The summed E-state index contributed by atoms with van der Waals surface area (Å²) < 4.78 is 1.55. The monoisotopic (exact) mass is 472 g/mol. The highest BCUT2D eigenvalue weighted by atomic mass is 16.3. The van der Waals surface area contributed by atoms with Gasteiger partial charge in [0.2, 0.25) is 0 Å². The van der Waals surface area contributed by atoms with E-state index in [1.54, 1.807) is 29.3 Å². The molecule has 4 aromatic heterocycles. The highest BCUT2D eigenvalue weighted by Crippen LogP contribution is 2.46. The molecule has 35 heavy (non-hydrogen) atoms. The third-order valence-electron chi connectivity index (χ3n) is 7.34. The Labute approximate surface area is 202 Å². The first kappa shape index (κ1) is 21.9. The number of ketones is 1. The molecule has 3 unspecified atom stereocenters. The minimum absolute atomic E-state index is 0.103. The van der Waals surface area contributed by atoms with Crippen molar-refractivity contribution in [3.63, 3.8) is 0 Å². The standard InChI is InChI=1S/C25H28N8O2/c1-13(34)12-32-17-7-16(8-18(32)9-17)22-21(14(2)35)23(26)33-25(31-22)19(11-30-33)15-3-4-20(29-10-15)24-27-5-6-28-24/h3-6,10-11,13,16-18,34H,7-9,12,26H2,1-2H3,(H,27,28). The maximum Gasteiger partial charge on any atom is 0.165 e. The lowest BCUT2D eigenvalue weighted by atomic mass is 9.71. The smallest absolute Gasteiger partial charge is 0.165 e. The Morgan fingerprint density at radius 2 is 2.03 bits per heavy atom. The van der Waals surface area contributed by atoms with Crippen molar-refractivity contribution < 1.29 is 9.90 Å². The number of hydrogen-bond donors (Lipinski definition) is 3. The summed E-state index contributed by atoms with van der Waals surface area (Å²) in [5, 5.41) is 14.3. The molecule has 6 heterocycles. The molecule has 3 aliphatic rings. The third-order valence-corrected chi connectivity index (χ3v) is 7.34. The van der Waals surface area contributed by atoms with Crippen molar-refractivity contribution in [1.29, 1.82) is 0 Å². The fraction of sp³-hybridized carbons (Fsp3) is 0.400. The van der Waals surface area contributed by atoms with Crippen molar-refractivity contribution in [3.05, 3.63) is 48.2 Å². The number of nitrogens with one attached hydrogen (secondary N) is 1. The second-order valence-corrected chi connectivity index (χ2v) is 9.73. The number of Topliss-reactive ketones (excluding diaryl/α,β-unsaturated/α-hetero) is 1. The molecular formula is C25H28N8O2. The van der Waals surface area contributed by atoms with Gasteiger partial charge in [0.1, 0.15) is 11.5 Å². The molecule has 0 radical (unpaired) electrons. The molecule has 0 aromatic carbocycles. The van der Waals surface area contributed by atoms with Crippen LogP contribution in [-0.4, -0.2) is 70.1 Å². The predicted octanol–water partition coefficient (Wildman–Crippen LogP) is 2.67. The van der Waals surface area contributed by atoms with Crippen LogP contribution in [0.1, 0.15) is 55.1 Å². The third kappa shape index (κ3) is 3.60. The van der Waals surface area contributed by atoms with Crippen molar-refractivity contribution >= 4 is 17.2 Å². The van der Waals surface area contributed by atoms with E-state index in [0.29, 0.717) is 41.5 Å². The van der Waals surface area contributed by atoms with Crippen molar-refractivity contribution in [2.24, 2.45) is 0 Å². The van der Waals surface area contributed by atoms with Crippen molar-refractivity contribution in [2.45, 2.75) is 57.2 Å². The van der Waals surface area contributed by atoms with E-state index in [9.17, 15) is 9.90 Å². The summed E-state index contributed by atoms with van der Waals surface area (Å²) in [4.78, 5) is 31.9. The quantitative estimate of drug-likeness (QED) is 0.364. The van der Waals surface area contributed by atoms with Crippen LogP contribution in [0.4, 0.5) is 5.82 Å². The number of piperidine rings is 1. The van der Waals surface area contributed by atoms with Gasteiger partial charge in [0.25, 0.3) is 0 Å².